The molecule has 1 heterocycles. The Morgan fingerprint density at radius 1 is 1.28 bits per heavy atom. The third-order valence-electron chi connectivity index (χ3n) is 2.74. The first-order chi connectivity index (χ1) is 8.74. The van der Waals surface area contributed by atoms with E-state index in [-0.39, 0.29) is 11.9 Å². The Bertz CT molecular complexity index is 485. The van der Waals surface area contributed by atoms with Crippen molar-refractivity contribution in [3.8, 4) is 0 Å². The van der Waals surface area contributed by atoms with Gasteiger partial charge in [0.2, 0.25) is 0 Å². The lowest BCUT2D eigenvalue weighted by molar-refractivity contribution is 0.554. The van der Waals surface area contributed by atoms with Gasteiger partial charge in [-0.05, 0) is 24.2 Å². The molecule has 2 nitrogen and oxygen atoms in total. The summed E-state index contributed by atoms with van der Waals surface area (Å²) in [5, 5.41) is 3.30. The second-order valence-electron chi connectivity index (χ2n) is 3.91. The Morgan fingerprint density at radius 2 is 2.06 bits per heavy atom. The van der Waals surface area contributed by atoms with Crippen LogP contribution >= 0.6 is 15.9 Å². The summed E-state index contributed by atoms with van der Waals surface area (Å²) in [7, 11) is 0. The molecule has 0 bridgehead atoms. The van der Waals surface area contributed by atoms with Crippen molar-refractivity contribution in [3.05, 3.63) is 64.1 Å². The molecule has 2 rings (SSSR count). The van der Waals surface area contributed by atoms with E-state index in [0.717, 1.165) is 16.6 Å². The van der Waals surface area contributed by atoms with Crippen molar-refractivity contribution in [2.45, 2.75) is 13.0 Å². The van der Waals surface area contributed by atoms with Gasteiger partial charge in [-0.15, -0.1) is 0 Å². The van der Waals surface area contributed by atoms with E-state index in [4.69, 9.17) is 0 Å². The fourth-order valence-electron chi connectivity index (χ4n) is 1.92. The molecule has 1 aromatic carbocycles. The molecule has 0 spiro atoms. The summed E-state index contributed by atoms with van der Waals surface area (Å²) >= 11 is 3.51. The molecule has 0 aliphatic carbocycles. The van der Waals surface area contributed by atoms with Crippen molar-refractivity contribution in [1.29, 1.82) is 0 Å². The fraction of sp³-hybridized carbons (Fsp3) is 0.214. The van der Waals surface area contributed by atoms with Gasteiger partial charge in [-0.25, -0.2) is 4.39 Å². The Balaban J connectivity index is 2.47. The van der Waals surface area contributed by atoms with Crippen molar-refractivity contribution in [3.63, 3.8) is 0 Å². The highest BCUT2D eigenvalue weighted by molar-refractivity contribution is 9.10. The van der Waals surface area contributed by atoms with Crippen molar-refractivity contribution in [2.24, 2.45) is 0 Å². The Kier molecular flexibility index (Phi) is 4.44. The standard InChI is InChI=1S/C14H14BrFN2/c1-2-18-14(10-5-3-4-6-12(10)15)11-7-8-17-9-13(11)16/h3-9,14,18H,2H2,1H3. The van der Waals surface area contributed by atoms with Gasteiger partial charge in [-0.2, -0.15) is 0 Å². The summed E-state index contributed by atoms with van der Waals surface area (Å²) < 4.78 is 14.8. The van der Waals surface area contributed by atoms with Gasteiger partial charge in [-0.3, -0.25) is 4.98 Å². The van der Waals surface area contributed by atoms with Gasteiger partial charge in [-0.1, -0.05) is 41.1 Å². The maximum atomic E-state index is 13.9. The van der Waals surface area contributed by atoms with Gasteiger partial charge in [0.15, 0.2) is 0 Å². The van der Waals surface area contributed by atoms with Gasteiger partial charge in [0.25, 0.3) is 0 Å². The lowest BCUT2D eigenvalue weighted by atomic mass is 9.99. The Labute approximate surface area is 114 Å². The number of nitrogens with one attached hydrogen (secondary N) is 1. The number of aromatic nitrogens is 1. The molecule has 1 unspecified atom stereocenters. The molecule has 4 heteroatoms. The molecule has 0 saturated carbocycles. The number of halogens is 2. The summed E-state index contributed by atoms with van der Waals surface area (Å²) in [5.41, 5.74) is 1.63. The van der Waals surface area contributed by atoms with E-state index in [1.54, 1.807) is 12.3 Å². The quantitative estimate of drug-likeness (QED) is 0.932. The molecule has 18 heavy (non-hydrogen) atoms. The smallest absolute Gasteiger partial charge is 0.146 e. The molecule has 94 valence electrons. The molecular formula is C14H14BrFN2. The monoisotopic (exact) mass is 308 g/mol. The van der Waals surface area contributed by atoms with E-state index in [1.807, 2.05) is 31.2 Å². The van der Waals surface area contributed by atoms with Gasteiger partial charge in [0.1, 0.15) is 5.82 Å². The Morgan fingerprint density at radius 3 is 2.72 bits per heavy atom. The number of hydrogen-bond donors (Lipinski definition) is 1. The van der Waals surface area contributed by atoms with E-state index in [0.29, 0.717) is 5.56 Å². The molecule has 1 aromatic heterocycles. The molecule has 0 fully saturated rings. The van der Waals surface area contributed by atoms with Gasteiger partial charge in [0, 0.05) is 16.2 Å². The second-order valence-corrected chi connectivity index (χ2v) is 4.76. The molecule has 0 amide bonds. The summed E-state index contributed by atoms with van der Waals surface area (Å²) in [6.45, 7) is 2.76. The predicted molar refractivity (Wildman–Crippen MR) is 73.9 cm³/mol. The highest BCUT2D eigenvalue weighted by Gasteiger charge is 2.18. The van der Waals surface area contributed by atoms with Crippen LogP contribution in [-0.4, -0.2) is 11.5 Å². The topological polar surface area (TPSA) is 24.9 Å². The predicted octanol–water partition coefficient (Wildman–Crippen LogP) is 3.68. The average Bonchev–Trinajstić information content (AvgIpc) is 2.38. The van der Waals surface area contributed by atoms with Crippen molar-refractivity contribution in [2.75, 3.05) is 6.54 Å². The molecule has 0 aliphatic heterocycles. The van der Waals surface area contributed by atoms with E-state index >= 15 is 0 Å². The molecule has 1 atom stereocenters. The first-order valence-electron chi connectivity index (χ1n) is 5.81. The van der Waals surface area contributed by atoms with Crippen LogP contribution in [0.4, 0.5) is 4.39 Å². The van der Waals surface area contributed by atoms with E-state index in [1.165, 1.54) is 6.20 Å². The van der Waals surface area contributed by atoms with E-state index in [2.05, 4.69) is 26.2 Å². The SMILES string of the molecule is CCNC(c1ccncc1F)c1ccccc1Br. The van der Waals surface area contributed by atoms with E-state index < -0.39 is 0 Å². The summed E-state index contributed by atoms with van der Waals surface area (Å²) in [6, 6.07) is 9.37. The summed E-state index contributed by atoms with van der Waals surface area (Å²) in [4.78, 5) is 3.79. The van der Waals surface area contributed by atoms with Crippen LogP contribution in [0.5, 0.6) is 0 Å². The maximum absolute atomic E-state index is 13.9. The van der Waals surface area contributed by atoms with Crippen LogP contribution in [0.1, 0.15) is 24.1 Å². The van der Waals surface area contributed by atoms with Crippen LogP contribution in [0.2, 0.25) is 0 Å². The number of benzene rings is 1. The minimum atomic E-state index is -0.292. The minimum absolute atomic E-state index is 0.173. The third kappa shape index (κ3) is 2.76. The highest BCUT2D eigenvalue weighted by Crippen LogP contribution is 2.29. The van der Waals surface area contributed by atoms with Crippen LogP contribution in [-0.2, 0) is 0 Å². The molecule has 0 aliphatic rings. The van der Waals surface area contributed by atoms with Crippen molar-refractivity contribution < 1.29 is 4.39 Å². The number of rotatable bonds is 4. The number of nitrogens with zero attached hydrogens (tertiary/aromatic N) is 1. The summed E-state index contributed by atoms with van der Waals surface area (Å²) in [6.07, 6.45) is 2.86. The van der Waals surface area contributed by atoms with Crippen molar-refractivity contribution >= 4 is 15.9 Å². The fourth-order valence-corrected chi connectivity index (χ4v) is 2.43. The number of pyridine rings is 1. The normalized spacial score (nSPS) is 12.4. The van der Waals surface area contributed by atoms with Crippen LogP contribution < -0.4 is 5.32 Å². The summed E-state index contributed by atoms with van der Waals surface area (Å²) in [5.74, 6) is -0.292. The molecule has 1 N–H and O–H groups in total. The van der Waals surface area contributed by atoms with E-state index in [9.17, 15) is 4.39 Å². The zero-order valence-corrected chi connectivity index (χ0v) is 11.6. The van der Waals surface area contributed by atoms with Gasteiger partial charge < -0.3 is 5.32 Å². The lowest BCUT2D eigenvalue weighted by Gasteiger charge is -2.20. The maximum Gasteiger partial charge on any atom is 0.146 e. The van der Waals surface area contributed by atoms with Crippen LogP contribution in [0.15, 0.2) is 47.2 Å². The average molecular weight is 309 g/mol. The second kappa shape index (κ2) is 6.07. The first kappa shape index (κ1) is 13.2. The molecule has 0 radical (unpaired) electrons. The number of hydrogen-bond acceptors (Lipinski definition) is 2. The van der Waals surface area contributed by atoms with Crippen LogP contribution in [0.25, 0.3) is 0 Å². The van der Waals surface area contributed by atoms with Crippen LogP contribution in [0.3, 0.4) is 0 Å². The van der Waals surface area contributed by atoms with Crippen LogP contribution in [0, 0.1) is 5.82 Å². The largest absolute Gasteiger partial charge is 0.306 e. The zero-order valence-electron chi connectivity index (χ0n) is 10.0. The van der Waals surface area contributed by atoms with Gasteiger partial charge in [0.05, 0.1) is 12.2 Å². The highest BCUT2D eigenvalue weighted by atomic mass is 79.9. The molecule has 2 aromatic rings. The third-order valence-corrected chi connectivity index (χ3v) is 3.46. The van der Waals surface area contributed by atoms with Crippen molar-refractivity contribution in [1.82, 2.24) is 10.3 Å². The zero-order chi connectivity index (χ0) is 13.0. The Hall–Kier alpha value is -1.26. The molecular weight excluding hydrogens is 295 g/mol. The lowest BCUT2D eigenvalue weighted by Crippen LogP contribution is -2.23. The van der Waals surface area contributed by atoms with Gasteiger partial charge >= 0.3 is 0 Å². The first-order valence-corrected chi connectivity index (χ1v) is 6.60. The molecule has 0 saturated heterocycles. The minimum Gasteiger partial charge on any atom is -0.306 e.